The molecular weight excluding hydrogens is 265 g/mol. The second-order valence-electron chi connectivity index (χ2n) is 5.88. The van der Waals surface area contributed by atoms with Crippen molar-refractivity contribution in [3.63, 3.8) is 0 Å². The summed E-state index contributed by atoms with van der Waals surface area (Å²) in [6, 6.07) is 6.08. The van der Waals surface area contributed by atoms with Crippen LogP contribution in [0.25, 0.3) is 0 Å². The molecule has 0 amide bonds. The summed E-state index contributed by atoms with van der Waals surface area (Å²) in [5, 5.41) is 0.783. The number of rotatable bonds is 2. The Morgan fingerprint density at radius 2 is 2.00 bits per heavy atom. The average Bonchev–Trinajstić information content (AvgIpc) is 2.50. The molecule has 0 saturated carbocycles. The van der Waals surface area contributed by atoms with E-state index in [2.05, 4.69) is 24.8 Å². The lowest BCUT2D eigenvalue weighted by Gasteiger charge is -2.27. The SMILES string of the molecule is CC1(C)CCCN(c2cccc(Cl)c2CCl)CC1. The van der Waals surface area contributed by atoms with Gasteiger partial charge in [0.1, 0.15) is 0 Å². The molecule has 1 fully saturated rings. The number of alkyl halides is 1. The second-order valence-corrected chi connectivity index (χ2v) is 6.55. The van der Waals surface area contributed by atoms with Gasteiger partial charge in [0.2, 0.25) is 0 Å². The Bertz CT molecular complexity index is 415. The van der Waals surface area contributed by atoms with E-state index in [9.17, 15) is 0 Å². The highest BCUT2D eigenvalue weighted by Gasteiger charge is 2.24. The molecule has 0 bridgehead atoms. The van der Waals surface area contributed by atoms with E-state index in [1.54, 1.807) is 0 Å². The van der Waals surface area contributed by atoms with Crippen molar-refractivity contribution in [3.8, 4) is 0 Å². The van der Waals surface area contributed by atoms with Gasteiger partial charge in [0, 0.05) is 29.4 Å². The average molecular weight is 286 g/mol. The molecule has 3 heteroatoms. The van der Waals surface area contributed by atoms with Gasteiger partial charge in [-0.05, 0) is 36.8 Å². The fourth-order valence-electron chi connectivity index (χ4n) is 2.64. The third-order valence-electron chi connectivity index (χ3n) is 3.91. The van der Waals surface area contributed by atoms with E-state index in [4.69, 9.17) is 23.2 Å². The minimum atomic E-state index is 0.453. The van der Waals surface area contributed by atoms with Crippen molar-refractivity contribution in [1.82, 2.24) is 0 Å². The number of anilines is 1. The first kappa shape index (κ1) is 14.0. The Kier molecular flexibility index (Phi) is 4.45. The summed E-state index contributed by atoms with van der Waals surface area (Å²) >= 11 is 12.3. The molecule has 1 aliphatic rings. The van der Waals surface area contributed by atoms with Gasteiger partial charge < -0.3 is 4.90 Å². The normalized spacial score (nSPS) is 19.7. The number of hydrogen-bond acceptors (Lipinski definition) is 1. The molecule has 1 aromatic rings. The zero-order chi connectivity index (χ0) is 13.2. The smallest absolute Gasteiger partial charge is 0.0509 e. The van der Waals surface area contributed by atoms with E-state index in [1.165, 1.54) is 24.9 Å². The number of benzene rings is 1. The quantitative estimate of drug-likeness (QED) is 0.684. The standard InChI is InChI=1S/C15H21Cl2N/c1-15(2)7-4-9-18(10-8-15)14-6-3-5-13(17)12(14)11-16/h3,5-6H,4,7-11H2,1-2H3. The summed E-state index contributed by atoms with van der Waals surface area (Å²) in [5.74, 6) is 0.481. The molecule has 1 aromatic carbocycles. The summed E-state index contributed by atoms with van der Waals surface area (Å²) in [6.45, 7) is 6.92. The Morgan fingerprint density at radius 1 is 1.22 bits per heavy atom. The molecule has 0 N–H and O–H groups in total. The lowest BCUT2D eigenvalue weighted by molar-refractivity contribution is 0.325. The summed E-state index contributed by atoms with van der Waals surface area (Å²) in [6.07, 6.45) is 3.75. The molecule has 0 unspecified atom stereocenters. The van der Waals surface area contributed by atoms with Crippen molar-refractivity contribution in [3.05, 3.63) is 28.8 Å². The molecule has 0 aliphatic carbocycles. The molecule has 18 heavy (non-hydrogen) atoms. The second kappa shape index (κ2) is 5.71. The lowest BCUT2D eigenvalue weighted by Crippen LogP contribution is -2.26. The molecule has 0 radical (unpaired) electrons. The van der Waals surface area contributed by atoms with E-state index in [-0.39, 0.29) is 0 Å². The van der Waals surface area contributed by atoms with Crippen LogP contribution in [0.5, 0.6) is 0 Å². The van der Waals surface area contributed by atoms with Gasteiger partial charge in [-0.1, -0.05) is 31.5 Å². The summed E-state index contributed by atoms with van der Waals surface area (Å²) in [4.78, 5) is 2.44. The minimum Gasteiger partial charge on any atom is -0.371 e. The Morgan fingerprint density at radius 3 is 2.72 bits per heavy atom. The van der Waals surface area contributed by atoms with Crippen LogP contribution in [0.15, 0.2) is 18.2 Å². The van der Waals surface area contributed by atoms with E-state index in [1.807, 2.05) is 12.1 Å². The predicted octanol–water partition coefficient (Wildman–Crippen LogP) is 5.10. The minimum absolute atomic E-state index is 0.453. The first-order valence-corrected chi connectivity index (χ1v) is 7.53. The van der Waals surface area contributed by atoms with Crippen LogP contribution >= 0.6 is 23.2 Å². The van der Waals surface area contributed by atoms with Gasteiger partial charge >= 0.3 is 0 Å². The maximum atomic E-state index is 6.23. The van der Waals surface area contributed by atoms with Crippen molar-refractivity contribution in [2.45, 2.75) is 39.0 Å². The Balaban J connectivity index is 2.24. The van der Waals surface area contributed by atoms with Crippen molar-refractivity contribution in [2.75, 3.05) is 18.0 Å². The van der Waals surface area contributed by atoms with Crippen molar-refractivity contribution >= 4 is 28.9 Å². The molecule has 0 aromatic heterocycles. The van der Waals surface area contributed by atoms with Gasteiger partial charge in [0.25, 0.3) is 0 Å². The number of hydrogen-bond donors (Lipinski definition) is 0. The first-order valence-electron chi connectivity index (χ1n) is 6.62. The molecule has 1 heterocycles. The van der Waals surface area contributed by atoms with Crippen LogP contribution in [0.4, 0.5) is 5.69 Å². The summed E-state index contributed by atoms with van der Waals surface area (Å²) < 4.78 is 0. The van der Waals surface area contributed by atoms with Crippen LogP contribution in [0.2, 0.25) is 5.02 Å². The van der Waals surface area contributed by atoms with Crippen LogP contribution in [0.1, 0.15) is 38.7 Å². The maximum Gasteiger partial charge on any atom is 0.0509 e. The van der Waals surface area contributed by atoms with Crippen molar-refractivity contribution < 1.29 is 0 Å². The highest BCUT2D eigenvalue weighted by atomic mass is 35.5. The molecule has 1 nitrogen and oxygen atoms in total. The maximum absolute atomic E-state index is 6.23. The topological polar surface area (TPSA) is 3.24 Å². The molecule has 0 spiro atoms. The van der Waals surface area contributed by atoms with Gasteiger partial charge in [0.15, 0.2) is 0 Å². The first-order chi connectivity index (χ1) is 8.53. The van der Waals surface area contributed by atoms with Crippen molar-refractivity contribution in [1.29, 1.82) is 0 Å². The van der Waals surface area contributed by atoms with Gasteiger partial charge in [-0.3, -0.25) is 0 Å². The van der Waals surface area contributed by atoms with Crippen LogP contribution in [-0.2, 0) is 5.88 Å². The van der Waals surface area contributed by atoms with Crippen molar-refractivity contribution in [2.24, 2.45) is 5.41 Å². The van der Waals surface area contributed by atoms with Crippen LogP contribution < -0.4 is 4.90 Å². The Hall–Kier alpha value is -0.400. The summed E-state index contributed by atoms with van der Waals surface area (Å²) in [7, 11) is 0. The van der Waals surface area contributed by atoms with Gasteiger partial charge in [-0.25, -0.2) is 0 Å². The molecule has 100 valence electrons. The van der Waals surface area contributed by atoms with E-state index in [0.29, 0.717) is 11.3 Å². The van der Waals surface area contributed by atoms with E-state index < -0.39 is 0 Å². The number of halogens is 2. The highest BCUT2D eigenvalue weighted by molar-refractivity contribution is 6.32. The zero-order valence-corrected chi connectivity index (χ0v) is 12.7. The molecule has 0 atom stereocenters. The number of nitrogens with zero attached hydrogens (tertiary/aromatic N) is 1. The third-order valence-corrected chi connectivity index (χ3v) is 4.53. The largest absolute Gasteiger partial charge is 0.371 e. The van der Waals surface area contributed by atoms with E-state index >= 15 is 0 Å². The van der Waals surface area contributed by atoms with Gasteiger partial charge in [-0.2, -0.15) is 0 Å². The van der Waals surface area contributed by atoms with Gasteiger partial charge in [-0.15, -0.1) is 11.6 Å². The fraction of sp³-hybridized carbons (Fsp3) is 0.600. The predicted molar refractivity (Wildman–Crippen MR) is 80.9 cm³/mol. The van der Waals surface area contributed by atoms with Crippen LogP contribution in [0.3, 0.4) is 0 Å². The fourth-order valence-corrected chi connectivity index (χ4v) is 3.23. The molecule has 2 rings (SSSR count). The molecule has 1 aliphatic heterocycles. The highest BCUT2D eigenvalue weighted by Crippen LogP contribution is 2.34. The molecule has 1 saturated heterocycles. The Labute approximate surface area is 120 Å². The monoisotopic (exact) mass is 285 g/mol. The van der Waals surface area contributed by atoms with Crippen LogP contribution in [0, 0.1) is 5.41 Å². The summed E-state index contributed by atoms with van der Waals surface area (Å²) in [5.41, 5.74) is 2.74. The van der Waals surface area contributed by atoms with E-state index in [0.717, 1.165) is 23.7 Å². The molecular formula is C15H21Cl2N. The lowest BCUT2D eigenvalue weighted by atomic mass is 9.85. The zero-order valence-electron chi connectivity index (χ0n) is 11.2. The third kappa shape index (κ3) is 3.13. The van der Waals surface area contributed by atoms with Crippen LogP contribution in [-0.4, -0.2) is 13.1 Å². The van der Waals surface area contributed by atoms with Gasteiger partial charge in [0.05, 0.1) is 5.88 Å².